The highest BCUT2D eigenvalue weighted by atomic mass is 32.2. The molecule has 3 nitrogen and oxygen atoms in total. The van der Waals surface area contributed by atoms with Crippen LogP contribution >= 0.6 is 0 Å². The van der Waals surface area contributed by atoms with Gasteiger partial charge in [0.2, 0.25) is 10.0 Å². The minimum absolute atomic E-state index is 0.299. The van der Waals surface area contributed by atoms with Crippen LogP contribution in [-0.4, -0.2) is 26.8 Å². The summed E-state index contributed by atoms with van der Waals surface area (Å²) in [5.74, 6) is 0. The van der Waals surface area contributed by atoms with Crippen molar-refractivity contribution in [1.29, 1.82) is 0 Å². The van der Waals surface area contributed by atoms with E-state index in [9.17, 15) is 8.42 Å². The van der Waals surface area contributed by atoms with E-state index in [1.54, 1.807) is 30.3 Å². The Kier molecular flexibility index (Phi) is 3.08. The van der Waals surface area contributed by atoms with Crippen molar-refractivity contribution in [2.24, 2.45) is 0 Å². The summed E-state index contributed by atoms with van der Waals surface area (Å²) in [6.45, 7) is 3.60. The van der Waals surface area contributed by atoms with Crippen LogP contribution in [0.3, 0.4) is 0 Å². The van der Waals surface area contributed by atoms with Crippen LogP contribution in [0.25, 0.3) is 6.08 Å². The van der Waals surface area contributed by atoms with E-state index >= 15 is 0 Å². The zero-order valence-corrected chi connectivity index (χ0v) is 9.08. The van der Waals surface area contributed by atoms with Gasteiger partial charge in [-0.2, -0.15) is 0 Å². The van der Waals surface area contributed by atoms with Crippen LogP contribution in [0.15, 0.2) is 35.7 Å². The summed E-state index contributed by atoms with van der Waals surface area (Å²) < 4.78 is 24.5. The molecule has 0 unspecified atom stereocenters. The van der Waals surface area contributed by atoms with Crippen LogP contribution in [0, 0.1) is 0 Å². The average molecular weight is 211 g/mol. The van der Waals surface area contributed by atoms with E-state index in [1.807, 2.05) is 0 Å². The predicted molar refractivity (Wildman–Crippen MR) is 57.4 cm³/mol. The quantitative estimate of drug-likeness (QED) is 0.761. The number of benzene rings is 1. The second-order valence-electron chi connectivity index (χ2n) is 3.06. The summed E-state index contributed by atoms with van der Waals surface area (Å²) in [4.78, 5) is 0.299. The smallest absolute Gasteiger partial charge is 0.207 e. The molecule has 14 heavy (non-hydrogen) atoms. The normalized spacial score (nSPS) is 11.6. The zero-order valence-electron chi connectivity index (χ0n) is 8.27. The third-order valence-corrected chi connectivity index (χ3v) is 3.72. The SMILES string of the molecule is C=Cc1ccc(S(=O)(=O)N(C)C)cc1. The fourth-order valence-corrected chi connectivity index (χ4v) is 1.89. The van der Waals surface area contributed by atoms with E-state index < -0.39 is 10.0 Å². The molecule has 0 saturated heterocycles. The molecule has 0 fully saturated rings. The first-order valence-electron chi connectivity index (χ1n) is 4.13. The number of sulfonamides is 1. The summed E-state index contributed by atoms with van der Waals surface area (Å²) in [6.07, 6.45) is 1.67. The fraction of sp³-hybridized carbons (Fsp3) is 0.200. The van der Waals surface area contributed by atoms with Crippen LogP contribution in [-0.2, 0) is 10.0 Å². The van der Waals surface area contributed by atoms with Crippen LogP contribution in [0.5, 0.6) is 0 Å². The number of nitrogens with zero attached hydrogens (tertiary/aromatic N) is 1. The van der Waals surface area contributed by atoms with Gasteiger partial charge in [0.05, 0.1) is 4.90 Å². The van der Waals surface area contributed by atoms with E-state index in [1.165, 1.54) is 18.4 Å². The van der Waals surface area contributed by atoms with Gasteiger partial charge in [0.15, 0.2) is 0 Å². The van der Waals surface area contributed by atoms with Crippen LogP contribution in [0.1, 0.15) is 5.56 Å². The maximum absolute atomic E-state index is 11.6. The molecule has 0 N–H and O–H groups in total. The molecule has 0 aliphatic rings. The van der Waals surface area contributed by atoms with Gasteiger partial charge in [0.1, 0.15) is 0 Å². The van der Waals surface area contributed by atoms with Crippen LogP contribution in [0.4, 0.5) is 0 Å². The van der Waals surface area contributed by atoms with Crippen molar-refractivity contribution in [3.8, 4) is 0 Å². The Morgan fingerprint density at radius 1 is 1.21 bits per heavy atom. The molecule has 0 saturated carbocycles. The Bertz CT molecular complexity index is 418. The maximum Gasteiger partial charge on any atom is 0.242 e. The lowest BCUT2D eigenvalue weighted by Crippen LogP contribution is -2.22. The molecule has 0 aromatic heterocycles. The van der Waals surface area contributed by atoms with E-state index in [0.717, 1.165) is 5.56 Å². The van der Waals surface area contributed by atoms with Crippen molar-refractivity contribution in [1.82, 2.24) is 4.31 Å². The van der Waals surface area contributed by atoms with Crippen LogP contribution < -0.4 is 0 Å². The van der Waals surface area contributed by atoms with Crippen molar-refractivity contribution in [2.75, 3.05) is 14.1 Å². The molecule has 1 aromatic carbocycles. The standard InChI is InChI=1S/C10H13NO2S/c1-4-9-5-7-10(8-6-9)14(12,13)11(2)3/h4-8H,1H2,2-3H3. The van der Waals surface area contributed by atoms with Gasteiger partial charge < -0.3 is 0 Å². The molecule has 0 atom stereocenters. The lowest BCUT2D eigenvalue weighted by Gasteiger charge is -2.10. The highest BCUT2D eigenvalue weighted by molar-refractivity contribution is 7.89. The summed E-state index contributed by atoms with van der Waals surface area (Å²) in [7, 11) is -0.282. The lowest BCUT2D eigenvalue weighted by molar-refractivity contribution is 0.521. The Morgan fingerprint density at radius 2 is 1.71 bits per heavy atom. The largest absolute Gasteiger partial charge is 0.242 e. The molecule has 0 bridgehead atoms. The molecule has 0 amide bonds. The number of rotatable bonds is 3. The predicted octanol–water partition coefficient (Wildman–Crippen LogP) is 1.58. The summed E-state index contributed by atoms with van der Waals surface area (Å²) in [6, 6.07) is 6.60. The second kappa shape index (κ2) is 3.94. The molecule has 0 radical (unpaired) electrons. The third kappa shape index (κ3) is 2.02. The molecule has 0 spiro atoms. The van der Waals surface area contributed by atoms with Crippen molar-refractivity contribution < 1.29 is 8.42 Å². The van der Waals surface area contributed by atoms with Crippen molar-refractivity contribution in [3.63, 3.8) is 0 Å². The van der Waals surface area contributed by atoms with Crippen molar-refractivity contribution >= 4 is 16.1 Å². The highest BCUT2D eigenvalue weighted by Gasteiger charge is 2.15. The van der Waals surface area contributed by atoms with Gasteiger partial charge in [-0.1, -0.05) is 24.8 Å². The minimum atomic E-state index is -3.30. The summed E-state index contributed by atoms with van der Waals surface area (Å²) in [5.41, 5.74) is 0.905. The van der Waals surface area contributed by atoms with Gasteiger partial charge in [-0.25, -0.2) is 12.7 Å². The van der Waals surface area contributed by atoms with Crippen molar-refractivity contribution in [2.45, 2.75) is 4.90 Å². The molecular weight excluding hydrogens is 198 g/mol. The van der Waals surface area contributed by atoms with E-state index in [2.05, 4.69) is 6.58 Å². The Hall–Kier alpha value is -1.13. The fourth-order valence-electron chi connectivity index (χ4n) is 0.987. The Morgan fingerprint density at radius 3 is 2.07 bits per heavy atom. The third-order valence-electron chi connectivity index (χ3n) is 1.89. The van der Waals surface area contributed by atoms with Gasteiger partial charge in [-0.05, 0) is 17.7 Å². The first-order chi connectivity index (χ1) is 6.48. The number of hydrogen-bond acceptors (Lipinski definition) is 2. The maximum atomic E-state index is 11.6. The van der Waals surface area contributed by atoms with Gasteiger partial charge in [-0.15, -0.1) is 0 Å². The van der Waals surface area contributed by atoms with Gasteiger partial charge in [0, 0.05) is 14.1 Å². The first kappa shape index (κ1) is 10.9. The van der Waals surface area contributed by atoms with Gasteiger partial charge in [0.25, 0.3) is 0 Å². The lowest BCUT2D eigenvalue weighted by atomic mass is 10.2. The Balaban J connectivity index is 3.16. The minimum Gasteiger partial charge on any atom is -0.207 e. The molecule has 1 aromatic rings. The van der Waals surface area contributed by atoms with E-state index in [0.29, 0.717) is 4.90 Å². The Labute approximate surface area is 84.7 Å². The topological polar surface area (TPSA) is 37.4 Å². The summed E-state index contributed by atoms with van der Waals surface area (Å²) in [5, 5.41) is 0. The molecule has 4 heteroatoms. The monoisotopic (exact) mass is 211 g/mol. The highest BCUT2D eigenvalue weighted by Crippen LogP contribution is 2.14. The molecule has 0 aliphatic heterocycles. The molecule has 76 valence electrons. The van der Waals surface area contributed by atoms with Crippen molar-refractivity contribution in [3.05, 3.63) is 36.4 Å². The van der Waals surface area contributed by atoms with E-state index in [4.69, 9.17) is 0 Å². The molecule has 0 heterocycles. The molecular formula is C10H13NO2S. The molecule has 0 aliphatic carbocycles. The number of hydrogen-bond donors (Lipinski definition) is 0. The second-order valence-corrected chi connectivity index (χ2v) is 5.21. The average Bonchev–Trinajstić information content (AvgIpc) is 2.17. The van der Waals surface area contributed by atoms with Gasteiger partial charge in [-0.3, -0.25) is 0 Å². The summed E-state index contributed by atoms with van der Waals surface area (Å²) >= 11 is 0. The van der Waals surface area contributed by atoms with Gasteiger partial charge >= 0.3 is 0 Å². The molecule has 1 rings (SSSR count). The van der Waals surface area contributed by atoms with Crippen LogP contribution in [0.2, 0.25) is 0 Å². The first-order valence-corrected chi connectivity index (χ1v) is 5.57. The van der Waals surface area contributed by atoms with E-state index in [-0.39, 0.29) is 0 Å². The zero-order chi connectivity index (χ0) is 10.8.